The first-order chi connectivity index (χ1) is 8.34. The second-order valence-corrected chi connectivity index (χ2v) is 4.16. The van der Waals surface area contributed by atoms with Crippen LogP contribution in [0.2, 0.25) is 0 Å². The lowest BCUT2D eigenvalue weighted by Gasteiger charge is -2.27. The molecule has 3 heterocycles. The summed E-state index contributed by atoms with van der Waals surface area (Å²) in [6, 6.07) is 5.61. The molecule has 5 heteroatoms. The van der Waals surface area contributed by atoms with Crippen LogP contribution in [0.15, 0.2) is 30.6 Å². The maximum absolute atomic E-state index is 12.2. The number of hydrogen-bond donors (Lipinski definition) is 1. The summed E-state index contributed by atoms with van der Waals surface area (Å²) in [7, 11) is 0. The standard InChI is InChI=1S/C12H14N4O/c17-12(15-7-4-13-5-8-15)10-2-6-16-11(9-10)1-3-14-16/h1-3,6,9,13H,4-5,7-8H2. The van der Waals surface area contributed by atoms with Gasteiger partial charge in [0.25, 0.3) is 5.91 Å². The summed E-state index contributed by atoms with van der Waals surface area (Å²) < 4.78 is 1.76. The largest absolute Gasteiger partial charge is 0.336 e. The molecule has 88 valence electrons. The van der Waals surface area contributed by atoms with Crippen molar-refractivity contribution in [1.82, 2.24) is 19.8 Å². The van der Waals surface area contributed by atoms with E-state index in [1.165, 1.54) is 0 Å². The Kier molecular flexibility index (Phi) is 2.53. The van der Waals surface area contributed by atoms with Crippen molar-refractivity contribution >= 4 is 11.4 Å². The fraction of sp³-hybridized carbons (Fsp3) is 0.333. The minimum atomic E-state index is 0.107. The minimum absolute atomic E-state index is 0.107. The van der Waals surface area contributed by atoms with E-state index in [-0.39, 0.29) is 5.91 Å². The molecule has 3 rings (SSSR count). The number of pyridine rings is 1. The lowest BCUT2D eigenvalue weighted by atomic mass is 10.2. The Morgan fingerprint density at radius 2 is 2.12 bits per heavy atom. The molecule has 0 atom stereocenters. The molecule has 0 aliphatic carbocycles. The summed E-state index contributed by atoms with van der Waals surface area (Å²) in [6.07, 6.45) is 3.55. The molecule has 0 radical (unpaired) electrons. The van der Waals surface area contributed by atoms with Crippen molar-refractivity contribution in [2.24, 2.45) is 0 Å². The van der Waals surface area contributed by atoms with Crippen LogP contribution in [0.4, 0.5) is 0 Å². The number of nitrogens with zero attached hydrogens (tertiary/aromatic N) is 3. The molecule has 0 aromatic carbocycles. The van der Waals surface area contributed by atoms with Crippen molar-refractivity contribution in [3.05, 3.63) is 36.2 Å². The summed E-state index contributed by atoms with van der Waals surface area (Å²) in [6.45, 7) is 3.31. The van der Waals surface area contributed by atoms with Gasteiger partial charge in [0.05, 0.1) is 5.52 Å². The number of fused-ring (bicyclic) bond motifs is 1. The topological polar surface area (TPSA) is 49.6 Å². The van der Waals surface area contributed by atoms with Crippen molar-refractivity contribution in [3.63, 3.8) is 0 Å². The van der Waals surface area contributed by atoms with Crippen LogP contribution in [0.3, 0.4) is 0 Å². The zero-order valence-electron chi connectivity index (χ0n) is 9.47. The van der Waals surface area contributed by atoms with E-state index >= 15 is 0 Å². The van der Waals surface area contributed by atoms with Crippen molar-refractivity contribution in [1.29, 1.82) is 0 Å². The van der Waals surface area contributed by atoms with E-state index in [2.05, 4.69) is 10.4 Å². The lowest BCUT2D eigenvalue weighted by molar-refractivity contribution is 0.0736. The molecule has 1 aliphatic heterocycles. The molecule has 0 spiro atoms. The second-order valence-electron chi connectivity index (χ2n) is 4.16. The van der Waals surface area contributed by atoms with E-state index in [9.17, 15) is 4.79 Å². The predicted molar refractivity (Wildman–Crippen MR) is 64.0 cm³/mol. The van der Waals surface area contributed by atoms with Gasteiger partial charge in [-0.2, -0.15) is 5.10 Å². The van der Waals surface area contributed by atoms with Crippen LogP contribution in [-0.4, -0.2) is 46.6 Å². The average Bonchev–Trinajstić information content (AvgIpc) is 2.86. The highest BCUT2D eigenvalue weighted by Gasteiger charge is 2.17. The van der Waals surface area contributed by atoms with Gasteiger partial charge < -0.3 is 10.2 Å². The first kappa shape index (κ1) is 10.3. The highest BCUT2D eigenvalue weighted by molar-refractivity contribution is 5.95. The zero-order valence-corrected chi connectivity index (χ0v) is 9.47. The van der Waals surface area contributed by atoms with Gasteiger partial charge in [0, 0.05) is 44.1 Å². The number of nitrogens with one attached hydrogen (secondary N) is 1. The van der Waals surface area contributed by atoms with Gasteiger partial charge in [0.1, 0.15) is 0 Å². The van der Waals surface area contributed by atoms with Gasteiger partial charge in [-0.25, -0.2) is 4.52 Å². The van der Waals surface area contributed by atoms with Crippen molar-refractivity contribution in [2.45, 2.75) is 0 Å². The van der Waals surface area contributed by atoms with E-state index < -0.39 is 0 Å². The third-order valence-corrected chi connectivity index (χ3v) is 3.05. The highest BCUT2D eigenvalue weighted by atomic mass is 16.2. The van der Waals surface area contributed by atoms with Gasteiger partial charge in [-0.05, 0) is 18.2 Å². The summed E-state index contributed by atoms with van der Waals surface area (Å²) in [4.78, 5) is 14.1. The smallest absolute Gasteiger partial charge is 0.254 e. The number of hydrogen-bond acceptors (Lipinski definition) is 3. The number of carbonyl (C=O) groups excluding carboxylic acids is 1. The van der Waals surface area contributed by atoms with Crippen LogP contribution >= 0.6 is 0 Å². The van der Waals surface area contributed by atoms with Gasteiger partial charge in [-0.15, -0.1) is 0 Å². The predicted octanol–water partition coefficient (Wildman–Crippen LogP) is 0.380. The summed E-state index contributed by atoms with van der Waals surface area (Å²) in [5.41, 5.74) is 1.69. The SMILES string of the molecule is O=C(c1ccn2nccc2c1)N1CCNCC1. The highest BCUT2D eigenvalue weighted by Crippen LogP contribution is 2.09. The molecule has 2 aromatic heterocycles. The van der Waals surface area contributed by atoms with E-state index in [0.717, 1.165) is 37.3 Å². The van der Waals surface area contributed by atoms with Gasteiger partial charge in [0.15, 0.2) is 0 Å². The average molecular weight is 230 g/mol. The molecular formula is C12H14N4O. The number of amides is 1. The van der Waals surface area contributed by atoms with Crippen LogP contribution in [0.5, 0.6) is 0 Å². The number of rotatable bonds is 1. The second kappa shape index (κ2) is 4.18. The summed E-state index contributed by atoms with van der Waals surface area (Å²) in [5, 5.41) is 7.35. The lowest BCUT2D eigenvalue weighted by Crippen LogP contribution is -2.46. The molecule has 1 aliphatic rings. The molecule has 0 unspecified atom stereocenters. The molecule has 1 fully saturated rings. The fourth-order valence-corrected chi connectivity index (χ4v) is 2.11. The van der Waals surface area contributed by atoms with E-state index in [4.69, 9.17) is 0 Å². The van der Waals surface area contributed by atoms with Crippen LogP contribution in [-0.2, 0) is 0 Å². The van der Waals surface area contributed by atoms with Gasteiger partial charge in [-0.3, -0.25) is 4.79 Å². The molecule has 5 nitrogen and oxygen atoms in total. The third-order valence-electron chi connectivity index (χ3n) is 3.05. The minimum Gasteiger partial charge on any atom is -0.336 e. The summed E-state index contributed by atoms with van der Waals surface area (Å²) in [5.74, 6) is 0.107. The quantitative estimate of drug-likeness (QED) is 0.770. The number of aromatic nitrogens is 2. The zero-order chi connectivity index (χ0) is 11.7. The monoisotopic (exact) mass is 230 g/mol. The number of carbonyl (C=O) groups is 1. The third kappa shape index (κ3) is 1.89. The van der Waals surface area contributed by atoms with Crippen LogP contribution in [0.1, 0.15) is 10.4 Å². The van der Waals surface area contributed by atoms with Gasteiger partial charge in [0.2, 0.25) is 0 Å². The Morgan fingerprint density at radius 1 is 1.29 bits per heavy atom. The maximum atomic E-state index is 12.2. The van der Waals surface area contributed by atoms with Crippen LogP contribution < -0.4 is 5.32 Å². The normalized spacial score (nSPS) is 16.4. The number of piperazine rings is 1. The van der Waals surface area contributed by atoms with Crippen LogP contribution in [0.25, 0.3) is 5.52 Å². The van der Waals surface area contributed by atoms with E-state index in [1.807, 2.05) is 29.3 Å². The van der Waals surface area contributed by atoms with Crippen molar-refractivity contribution in [3.8, 4) is 0 Å². The Balaban J connectivity index is 1.88. The molecule has 2 aromatic rings. The first-order valence-corrected chi connectivity index (χ1v) is 5.78. The Morgan fingerprint density at radius 3 is 2.94 bits per heavy atom. The van der Waals surface area contributed by atoms with Crippen molar-refractivity contribution in [2.75, 3.05) is 26.2 Å². The van der Waals surface area contributed by atoms with E-state index in [0.29, 0.717) is 0 Å². The fourth-order valence-electron chi connectivity index (χ4n) is 2.11. The molecule has 17 heavy (non-hydrogen) atoms. The molecule has 0 bridgehead atoms. The summed E-state index contributed by atoms with van der Waals surface area (Å²) >= 11 is 0. The van der Waals surface area contributed by atoms with Crippen LogP contribution in [0, 0.1) is 0 Å². The Labute approximate surface area is 99.0 Å². The first-order valence-electron chi connectivity index (χ1n) is 5.78. The van der Waals surface area contributed by atoms with Gasteiger partial charge in [-0.1, -0.05) is 0 Å². The molecule has 0 saturated carbocycles. The molecular weight excluding hydrogens is 216 g/mol. The van der Waals surface area contributed by atoms with Crippen molar-refractivity contribution < 1.29 is 4.79 Å². The Bertz CT molecular complexity index is 542. The van der Waals surface area contributed by atoms with Gasteiger partial charge >= 0.3 is 0 Å². The maximum Gasteiger partial charge on any atom is 0.254 e. The molecule has 1 N–H and O–H groups in total. The molecule has 1 saturated heterocycles. The molecule has 1 amide bonds. The van der Waals surface area contributed by atoms with E-state index in [1.54, 1.807) is 10.7 Å². The Hall–Kier alpha value is -1.88.